The lowest BCUT2D eigenvalue weighted by atomic mass is 9.99. The molecule has 1 aliphatic rings. The fourth-order valence-electron chi connectivity index (χ4n) is 3.14. The maximum atomic E-state index is 12.6. The van der Waals surface area contributed by atoms with Crippen molar-refractivity contribution in [2.75, 3.05) is 6.54 Å². The van der Waals surface area contributed by atoms with Crippen LogP contribution in [0, 0.1) is 0 Å². The maximum Gasteiger partial charge on any atom is 0.246 e. The summed E-state index contributed by atoms with van der Waals surface area (Å²) >= 11 is 0. The molecule has 0 aliphatic carbocycles. The minimum Gasteiger partial charge on any atom is -0.337 e. The summed E-state index contributed by atoms with van der Waals surface area (Å²) in [7, 11) is 0. The van der Waals surface area contributed by atoms with Crippen molar-refractivity contribution >= 4 is 12.0 Å². The molecule has 2 aromatic rings. The summed E-state index contributed by atoms with van der Waals surface area (Å²) in [5.74, 6) is 0.129. The van der Waals surface area contributed by atoms with Crippen molar-refractivity contribution in [3.05, 3.63) is 60.7 Å². The Kier molecular flexibility index (Phi) is 5.25. The van der Waals surface area contributed by atoms with Crippen LogP contribution in [0.15, 0.2) is 55.1 Å². The smallest absolute Gasteiger partial charge is 0.246 e. The van der Waals surface area contributed by atoms with Crippen LogP contribution in [-0.4, -0.2) is 32.9 Å². The highest BCUT2D eigenvalue weighted by atomic mass is 16.2. The number of imidazole rings is 1. The molecular weight excluding hydrogens is 286 g/mol. The molecule has 3 rings (SSSR count). The van der Waals surface area contributed by atoms with Gasteiger partial charge in [-0.15, -0.1) is 0 Å². The zero-order valence-corrected chi connectivity index (χ0v) is 13.3. The number of aryl methyl sites for hydroxylation is 1. The van der Waals surface area contributed by atoms with Gasteiger partial charge in [-0.3, -0.25) is 4.79 Å². The second kappa shape index (κ2) is 7.77. The largest absolute Gasteiger partial charge is 0.337 e. The first-order chi connectivity index (χ1) is 11.3. The molecule has 0 bridgehead atoms. The molecule has 1 amide bonds. The van der Waals surface area contributed by atoms with Crippen LogP contribution in [0.25, 0.3) is 6.08 Å². The molecule has 0 radical (unpaired) electrons. The molecule has 0 saturated carbocycles. The van der Waals surface area contributed by atoms with E-state index in [4.69, 9.17) is 0 Å². The second-order valence-electron chi connectivity index (χ2n) is 6.01. The number of piperidine rings is 1. The van der Waals surface area contributed by atoms with Gasteiger partial charge in [0.15, 0.2) is 0 Å². The lowest BCUT2D eigenvalue weighted by Gasteiger charge is -2.35. The summed E-state index contributed by atoms with van der Waals surface area (Å²) in [6.45, 7) is 1.78. The second-order valence-corrected chi connectivity index (χ2v) is 6.01. The first kappa shape index (κ1) is 15.5. The normalized spacial score (nSPS) is 18.4. The number of aromatic nitrogens is 2. The molecule has 4 heteroatoms. The number of benzene rings is 1. The Bertz CT molecular complexity index is 634. The summed E-state index contributed by atoms with van der Waals surface area (Å²) < 4.78 is 2.08. The number of amides is 1. The Morgan fingerprint density at radius 3 is 2.91 bits per heavy atom. The molecule has 1 aromatic carbocycles. The first-order valence-electron chi connectivity index (χ1n) is 8.32. The number of rotatable bonds is 5. The monoisotopic (exact) mass is 309 g/mol. The van der Waals surface area contributed by atoms with E-state index in [1.807, 2.05) is 53.8 Å². The third-order valence-electron chi connectivity index (χ3n) is 4.41. The average Bonchev–Trinajstić information content (AvgIpc) is 3.12. The third-order valence-corrected chi connectivity index (χ3v) is 4.41. The zero-order chi connectivity index (χ0) is 15.9. The Morgan fingerprint density at radius 2 is 2.13 bits per heavy atom. The summed E-state index contributed by atoms with van der Waals surface area (Å²) in [5, 5.41) is 0. The van der Waals surface area contributed by atoms with Gasteiger partial charge in [-0.25, -0.2) is 4.98 Å². The van der Waals surface area contributed by atoms with E-state index in [2.05, 4.69) is 9.55 Å². The van der Waals surface area contributed by atoms with Crippen molar-refractivity contribution in [2.45, 2.75) is 38.3 Å². The Morgan fingerprint density at radius 1 is 1.26 bits per heavy atom. The van der Waals surface area contributed by atoms with E-state index in [1.54, 1.807) is 12.3 Å². The molecule has 2 heterocycles. The molecule has 1 atom stereocenters. The van der Waals surface area contributed by atoms with Gasteiger partial charge in [0.2, 0.25) is 5.91 Å². The fraction of sp³-hybridized carbons (Fsp3) is 0.368. The summed E-state index contributed by atoms with van der Waals surface area (Å²) in [6.07, 6.45) is 13.6. The lowest BCUT2D eigenvalue weighted by Crippen LogP contribution is -2.43. The highest BCUT2D eigenvalue weighted by molar-refractivity contribution is 5.92. The highest BCUT2D eigenvalue weighted by Gasteiger charge is 2.24. The first-order valence-corrected chi connectivity index (χ1v) is 8.32. The van der Waals surface area contributed by atoms with Crippen molar-refractivity contribution in [2.24, 2.45) is 0 Å². The van der Waals surface area contributed by atoms with Crippen molar-refractivity contribution < 1.29 is 4.79 Å². The number of likely N-dealkylation sites (tertiary alicyclic amines) is 1. The summed E-state index contributed by atoms with van der Waals surface area (Å²) in [4.78, 5) is 18.7. The maximum absolute atomic E-state index is 12.6. The quantitative estimate of drug-likeness (QED) is 0.794. The van der Waals surface area contributed by atoms with Crippen LogP contribution in [0.2, 0.25) is 0 Å². The van der Waals surface area contributed by atoms with Crippen LogP contribution in [0.1, 0.15) is 31.2 Å². The highest BCUT2D eigenvalue weighted by Crippen LogP contribution is 2.21. The van der Waals surface area contributed by atoms with Crippen LogP contribution in [-0.2, 0) is 11.3 Å². The van der Waals surface area contributed by atoms with Gasteiger partial charge in [0, 0.05) is 37.6 Å². The van der Waals surface area contributed by atoms with Gasteiger partial charge in [0.1, 0.15) is 0 Å². The number of carbonyl (C=O) groups is 1. The Labute approximate surface area is 137 Å². The van der Waals surface area contributed by atoms with Crippen molar-refractivity contribution in [3.63, 3.8) is 0 Å². The summed E-state index contributed by atoms with van der Waals surface area (Å²) in [6, 6.07) is 10.3. The van der Waals surface area contributed by atoms with Crippen LogP contribution in [0.4, 0.5) is 0 Å². The Balaban J connectivity index is 1.61. The van der Waals surface area contributed by atoms with Gasteiger partial charge in [0.25, 0.3) is 0 Å². The molecule has 23 heavy (non-hydrogen) atoms. The molecule has 1 fully saturated rings. The minimum absolute atomic E-state index is 0.129. The predicted molar refractivity (Wildman–Crippen MR) is 91.7 cm³/mol. The molecule has 1 aliphatic heterocycles. The lowest BCUT2D eigenvalue weighted by molar-refractivity contribution is -0.129. The molecule has 120 valence electrons. The van der Waals surface area contributed by atoms with Crippen LogP contribution in [0.3, 0.4) is 0 Å². The Hall–Kier alpha value is -2.36. The van der Waals surface area contributed by atoms with Gasteiger partial charge in [-0.2, -0.15) is 0 Å². The van der Waals surface area contributed by atoms with E-state index >= 15 is 0 Å². The number of hydrogen-bond donors (Lipinski definition) is 0. The third kappa shape index (κ3) is 4.31. The number of carbonyl (C=O) groups excluding carboxylic acids is 1. The molecule has 1 aromatic heterocycles. The standard InChI is InChI=1S/C19H23N3O/c23-19(10-9-17-6-2-1-3-7-17)22-13-5-4-8-18(22)11-14-21-15-12-20-16-21/h1-3,6-7,9-10,12,15-16,18H,4-5,8,11,13-14H2. The van der Waals surface area contributed by atoms with Gasteiger partial charge in [-0.05, 0) is 37.3 Å². The van der Waals surface area contributed by atoms with Crippen molar-refractivity contribution in [1.82, 2.24) is 14.5 Å². The van der Waals surface area contributed by atoms with Crippen LogP contribution in [0.5, 0.6) is 0 Å². The van der Waals surface area contributed by atoms with E-state index in [0.717, 1.165) is 37.9 Å². The van der Waals surface area contributed by atoms with E-state index in [-0.39, 0.29) is 5.91 Å². The summed E-state index contributed by atoms with van der Waals surface area (Å²) in [5.41, 5.74) is 1.06. The van der Waals surface area contributed by atoms with Crippen LogP contribution < -0.4 is 0 Å². The van der Waals surface area contributed by atoms with Crippen molar-refractivity contribution in [3.8, 4) is 0 Å². The topological polar surface area (TPSA) is 38.1 Å². The van der Waals surface area contributed by atoms with E-state index in [1.165, 1.54) is 6.42 Å². The van der Waals surface area contributed by atoms with Crippen LogP contribution >= 0.6 is 0 Å². The van der Waals surface area contributed by atoms with Gasteiger partial charge < -0.3 is 9.47 Å². The van der Waals surface area contributed by atoms with E-state index < -0.39 is 0 Å². The minimum atomic E-state index is 0.129. The molecular formula is C19H23N3O. The molecule has 0 spiro atoms. The zero-order valence-electron chi connectivity index (χ0n) is 13.3. The SMILES string of the molecule is O=C(C=Cc1ccccc1)N1CCCCC1CCn1ccnc1. The fourth-order valence-corrected chi connectivity index (χ4v) is 3.14. The van der Waals surface area contributed by atoms with Gasteiger partial charge in [-0.1, -0.05) is 30.3 Å². The molecule has 1 saturated heterocycles. The van der Waals surface area contributed by atoms with Crippen molar-refractivity contribution in [1.29, 1.82) is 0 Å². The van der Waals surface area contributed by atoms with Gasteiger partial charge >= 0.3 is 0 Å². The number of nitrogens with zero attached hydrogens (tertiary/aromatic N) is 3. The number of hydrogen-bond acceptors (Lipinski definition) is 2. The predicted octanol–water partition coefficient (Wildman–Crippen LogP) is 3.37. The average molecular weight is 309 g/mol. The molecule has 0 N–H and O–H groups in total. The van der Waals surface area contributed by atoms with E-state index in [9.17, 15) is 4.79 Å². The van der Waals surface area contributed by atoms with Gasteiger partial charge in [0.05, 0.1) is 6.33 Å². The molecule has 4 nitrogen and oxygen atoms in total. The van der Waals surface area contributed by atoms with E-state index in [0.29, 0.717) is 6.04 Å². The molecule has 1 unspecified atom stereocenters.